The monoisotopic (exact) mass is 444 g/mol. The normalized spacial score (nSPS) is 17.2. The third kappa shape index (κ3) is 4.85. The molecular formula is C17H20N2O3S2Se. The molecule has 1 aliphatic heterocycles. The van der Waals surface area contributed by atoms with Crippen LogP contribution in [0.5, 0.6) is 0 Å². The van der Waals surface area contributed by atoms with Gasteiger partial charge in [0.2, 0.25) is 0 Å². The SMILES string of the molecule is C[Se]CC[C@@H](C(=O)O)N1C(=O)/C(=C/c2ccc(N(C)C)cc2)SC1=S. The van der Waals surface area contributed by atoms with Crippen molar-refractivity contribution in [1.29, 1.82) is 0 Å². The number of thioether (sulfide) groups is 1. The number of rotatable bonds is 7. The molecule has 8 heteroatoms. The zero-order valence-electron chi connectivity index (χ0n) is 14.3. The van der Waals surface area contributed by atoms with Crippen LogP contribution in [0.15, 0.2) is 29.2 Å². The zero-order chi connectivity index (χ0) is 18.6. The van der Waals surface area contributed by atoms with Crippen LogP contribution in [-0.4, -0.2) is 61.3 Å². The van der Waals surface area contributed by atoms with Gasteiger partial charge in [-0.25, -0.2) is 0 Å². The molecule has 0 aliphatic carbocycles. The molecule has 2 rings (SSSR count). The summed E-state index contributed by atoms with van der Waals surface area (Å²) < 4.78 is 0.317. The van der Waals surface area contributed by atoms with Gasteiger partial charge in [0.15, 0.2) is 0 Å². The Morgan fingerprint density at radius 3 is 2.56 bits per heavy atom. The van der Waals surface area contributed by atoms with E-state index in [-0.39, 0.29) is 5.91 Å². The Hall–Kier alpha value is -1.34. The summed E-state index contributed by atoms with van der Waals surface area (Å²) in [6, 6.07) is 6.91. The second-order valence-electron chi connectivity index (χ2n) is 5.67. The molecule has 25 heavy (non-hydrogen) atoms. The van der Waals surface area contributed by atoms with Crippen LogP contribution < -0.4 is 4.90 Å². The van der Waals surface area contributed by atoms with E-state index in [1.165, 1.54) is 16.7 Å². The molecule has 1 N–H and O–H groups in total. The second-order valence-corrected chi connectivity index (χ2v) is 9.42. The van der Waals surface area contributed by atoms with Crippen molar-refractivity contribution in [2.24, 2.45) is 0 Å². The van der Waals surface area contributed by atoms with E-state index in [2.05, 4.69) is 0 Å². The van der Waals surface area contributed by atoms with E-state index in [0.717, 1.165) is 16.6 Å². The van der Waals surface area contributed by atoms with Crippen molar-refractivity contribution in [2.45, 2.75) is 23.6 Å². The third-order valence-electron chi connectivity index (χ3n) is 3.72. The van der Waals surface area contributed by atoms with E-state index in [1.807, 2.05) is 49.1 Å². The number of carboxylic acid groups (broad SMARTS) is 1. The van der Waals surface area contributed by atoms with Crippen LogP contribution in [0.25, 0.3) is 6.08 Å². The first-order valence-electron chi connectivity index (χ1n) is 7.61. The number of nitrogens with zero attached hydrogens (tertiary/aromatic N) is 2. The molecule has 0 radical (unpaired) electrons. The molecule has 1 atom stereocenters. The molecule has 0 saturated carbocycles. The van der Waals surface area contributed by atoms with Gasteiger partial charge in [0.1, 0.15) is 0 Å². The molecule has 1 saturated heterocycles. The summed E-state index contributed by atoms with van der Waals surface area (Å²) in [4.78, 5) is 28.0. The number of hydrogen-bond acceptors (Lipinski definition) is 5. The fourth-order valence-electron chi connectivity index (χ4n) is 2.36. The molecule has 1 aromatic carbocycles. The average Bonchev–Trinajstić information content (AvgIpc) is 2.83. The number of hydrogen-bond donors (Lipinski definition) is 1. The fraction of sp³-hybridized carbons (Fsp3) is 0.353. The van der Waals surface area contributed by atoms with Crippen molar-refractivity contribution >= 4 is 66.9 Å². The summed E-state index contributed by atoms with van der Waals surface area (Å²) in [7, 11) is 3.92. The summed E-state index contributed by atoms with van der Waals surface area (Å²) >= 11 is 6.80. The number of amides is 1. The number of carbonyl (C=O) groups is 2. The molecule has 1 aliphatic rings. The summed E-state index contributed by atoms with van der Waals surface area (Å²) in [6.45, 7) is 0. The average molecular weight is 443 g/mol. The van der Waals surface area contributed by atoms with Gasteiger partial charge in [-0.3, -0.25) is 0 Å². The van der Waals surface area contributed by atoms with E-state index >= 15 is 0 Å². The molecule has 0 unspecified atom stereocenters. The summed E-state index contributed by atoms with van der Waals surface area (Å²) in [5.41, 5.74) is 1.95. The molecule has 0 spiro atoms. The number of thiocarbonyl (C=S) groups is 1. The number of carboxylic acids is 1. The molecule has 1 aromatic rings. The van der Waals surface area contributed by atoms with Crippen molar-refractivity contribution in [3.8, 4) is 0 Å². The van der Waals surface area contributed by atoms with Crippen LogP contribution >= 0.6 is 24.0 Å². The van der Waals surface area contributed by atoms with Crippen LogP contribution in [-0.2, 0) is 9.59 Å². The summed E-state index contributed by atoms with van der Waals surface area (Å²) in [6.07, 6.45) is 2.20. The molecule has 5 nitrogen and oxygen atoms in total. The second kappa shape index (κ2) is 8.85. The molecule has 1 amide bonds. The predicted octanol–water partition coefficient (Wildman–Crippen LogP) is 2.97. The van der Waals surface area contributed by atoms with Gasteiger partial charge in [0.25, 0.3) is 0 Å². The van der Waals surface area contributed by atoms with E-state index in [9.17, 15) is 14.7 Å². The molecule has 1 fully saturated rings. The molecule has 0 bridgehead atoms. The van der Waals surface area contributed by atoms with Crippen molar-refractivity contribution in [2.75, 3.05) is 19.0 Å². The first kappa shape index (κ1) is 20.0. The van der Waals surface area contributed by atoms with Gasteiger partial charge < -0.3 is 0 Å². The number of anilines is 1. The van der Waals surface area contributed by atoms with Crippen molar-refractivity contribution in [3.63, 3.8) is 0 Å². The van der Waals surface area contributed by atoms with Gasteiger partial charge in [-0.2, -0.15) is 0 Å². The molecular weight excluding hydrogens is 423 g/mol. The summed E-state index contributed by atoms with van der Waals surface area (Å²) in [5, 5.41) is 10.3. The van der Waals surface area contributed by atoms with Gasteiger partial charge in [-0.15, -0.1) is 0 Å². The van der Waals surface area contributed by atoms with E-state index in [4.69, 9.17) is 12.2 Å². The van der Waals surface area contributed by atoms with Crippen LogP contribution in [0.4, 0.5) is 5.69 Å². The van der Waals surface area contributed by atoms with Gasteiger partial charge in [-0.1, -0.05) is 0 Å². The minimum absolute atomic E-state index is 0.317. The zero-order valence-corrected chi connectivity index (χ0v) is 17.6. The quantitative estimate of drug-likeness (QED) is 0.397. The molecule has 0 aromatic heterocycles. The maximum absolute atomic E-state index is 12.7. The number of carbonyl (C=O) groups excluding carboxylic acids is 1. The Morgan fingerprint density at radius 2 is 2.04 bits per heavy atom. The van der Waals surface area contributed by atoms with Gasteiger partial charge in [0.05, 0.1) is 0 Å². The van der Waals surface area contributed by atoms with Crippen molar-refractivity contribution in [1.82, 2.24) is 4.90 Å². The molecule has 134 valence electrons. The Labute approximate surface area is 163 Å². The topological polar surface area (TPSA) is 60.9 Å². The first-order valence-corrected chi connectivity index (χ1v) is 11.8. The number of benzene rings is 1. The Bertz CT molecular complexity index is 704. The van der Waals surface area contributed by atoms with E-state index in [1.54, 1.807) is 6.08 Å². The van der Waals surface area contributed by atoms with Gasteiger partial charge >= 0.3 is 150 Å². The van der Waals surface area contributed by atoms with Crippen LogP contribution in [0.1, 0.15) is 12.0 Å². The number of aliphatic carboxylic acids is 1. The van der Waals surface area contributed by atoms with Gasteiger partial charge in [0, 0.05) is 14.1 Å². The maximum atomic E-state index is 12.7. The first-order chi connectivity index (χ1) is 11.8. The van der Waals surface area contributed by atoms with Crippen LogP contribution in [0.2, 0.25) is 11.1 Å². The van der Waals surface area contributed by atoms with E-state index < -0.39 is 12.0 Å². The van der Waals surface area contributed by atoms with Crippen molar-refractivity contribution < 1.29 is 14.7 Å². The Kier molecular flexibility index (Phi) is 7.07. The minimum atomic E-state index is -1.00. The third-order valence-corrected chi connectivity index (χ3v) is 6.40. The molecule has 1 heterocycles. The van der Waals surface area contributed by atoms with Gasteiger partial charge in [-0.05, 0) is 0 Å². The predicted molar refractivity (Wildman–Crippen MR) is 108 cm³/mol. The fourth-order valence-corrected chi connectivity index (χ4v) is 4.68. The van der Waals surface area contributed by atoms with E-state index in [0.29, 0.717) is 30.6 Å². The van der Waals surface area contributed by atoms with Crippen LogP contribution in [0, 0.1) is 0 Å². The standard InChI is InChI=1S/C17H20N2O3S2Se/c1-18(2)12-6-4-11(5-7-12)10-14-15(20)19(17(23)24-14)13(16(21)22)8-9-25-3/h4-7,10,13H,8-9H2,1-3H3,(H,21,22)/b14-10-/t13-/m0/s1. The Morgan fingerprint density at radius 1 is 1.40 bits per heavy atom. The summed E-state index contributed by atoms with van der Waals surface area (Å²) in [5.74, 6) is 0.730. The van der Waals surface area contributed by atoms with Crippen LogP contribution in [0.3, 0.4) is 0 Å². The Balaban J connectivity index is 2.23. The van der Waals surface area contributed by atoms with Crippen molar-refractivity contribution in [3.05, 3.63) is 34.7 Å².